The molecule has 2 rings (SSSR count). The van der Waals surface area contributed by atoms with Crippen LogP contribution in [0.3, 0.4) is 0 Å². The van der Waals surface area contributed by atoms with Crippen LogP contribution in [0.15, 0.2) is 22.7 Å². The van der Waals surface area contributed by atoms with Gasteiger partial charge in [-0.25, -0.2) is 4.39 Å². The first kappa shape index (κ1) is 15.4. The van der Waals surface area contributed by atoms with Gasteiger partial charge in [0.15, 0.2) is 0 Å². The zero-order valence-electron chi connectivity index (χ0n) is 11.7. The largest absolute Gasteiger partial charge is 0.436 e. The third-order valence-electron chi connectivity index (χ3n) is 2.98. The number of ether oxygens (including phenoxy) is 1. The van der Waals surface area contributed by atoms with Crippen LogP contribution in [0.2, 0.25) is 0 Å². The summed E-state index contributed by atoms with van der Waals surface area (Å²) in [4.78, 5) is 0. The molecule has 0 spiro atoms. The average Bonchev–Trinajstić information content (AvgIpc) is 2.45. The Kier molecular flexibility index (Phi) is 4.86. The van der Waals surface area contributed by atoms with Gasteiger partial charge in [0.2, 0.25) is 0 Å². The van der Waals surface area contributed by atoms with E-state index in [1.807, 2.05) is 13.8 Å². The van der Waals surface area contributed by atoms with E-state index in [0.29, 0.717) is 22.9 Å². The lowest BCUT2D eigenvalue weighted by Gasteiger charge is -2.11. The molecule has 0 N–H and O–H groups in total. The van der Waals surface area contributed by atoms with Crippen molar-refractivity contribution in [3.05, 3.63) is 45.3 Å². The third kappa shape index (κ3) is 3.37. The molecule has 0 aliphatic rings. The first-order valence-electron chi connectivity index (χ1n) is 6.51. The van der Waals surface area contributed by atoms with Crippen LogP contribution in [-0.4, -0.2) is 10.2 Å². The summed E-state index contributed by atoms with van der Waals surface area (Å²) >= 11 is 3.19. The zero-order chi connectivity index (χ0) is 15.4. The fourth-order valence-electron chi connectivity index (χ4n) is 2.04. The summed E-state index contributed by atoms with van der Waals surface area (Å²) in [6.07, 6.45) is 1.35. The van der Waals surface area contributed by atoms with E-state index in [4.69, 9.17) is 4.74 Å². The third-order valence-corrected chi connectivity index (χ3v) is 3.43. The highest BCUT2D eigenvalue weighted by Gasteiger charge is 2.16. The SMILES string of the molecule is CCc1nnc(Oc2cc(F)cc(Br)c2)c(C#N)c1CC. The Bertz CT molecular complexity index is 693. The topological polar surface area (TPSA) is 58.8 Å². The van der Waals surface area contributed by atoms with Crippen LogP contribution in [0.4, 0.5) is 4.39 Å². The summed E-state index contributed by atoms with van der Waals surface area (Å²) in [6.45, 7) is 3.90. The van der Waals surface area contributed by atoms with Gasteiger partial charge in [-0.3, -0.25) is 0 Å². The standard InChI is InChI=1S/C15H13BrFN3O/c1-3-12-13(8-18)15(20-19-14(12)4-2)21-11-6-9(16)5-10(17)7-11/h5-7H,3-4H2,1-2H3. The van der Waals surface area contributed by atoms with Gasteiger partial charge in [-0.2, -0.15) is 10.4 Å². The minimum absolute atomic E-state index is 0.101. The van der Waals surface area contributed by atoms with Crippen molar-refractivity contribution in [2.75, 3.05) is 0 Å². The molecule has 0 amide bonds. The quantitative estimate of drug-likeness (QED) is 0.831. The Morgan fingerprint density at radius 2 is 2.00 bits per heavy atom. The van der Waals surface area contributed by atoms with E-state index in [0.717, 1.165) is 11.3 Å². The predicted octanol–water partition coefficient (Wildman–Crippen LogP) is 4.17. The van der Waals surface area contributed by atoms with Crippen molar-refractivity contribution < 1.29 is 9.13 Å². The van der Waals surface area contributed by atoms with Crippen molar-refractivity contribution in [2.45, 2.75) is 26.7 Å². The lowest BCUT2D eigenvalue weighted by atomic mass is 10.0. The average molecular weight is 350 g/mol. The molecule has 6 heteroatoms. The maximum Gasteiger partial charge on any atom is 0.257 e. The Balaban J connectivity index is 2.47. The summed E-state index contributed by atoms with van der Waals surface area (Å²) in [5, 5.41) is 17.4. The van der Waals surface area contributed by atoms with Crippen LogP contribution in [0.1, 0.15) is 30.7 Å². The second-order valence-electron chi connectivity index (χ2n) is 4.33. The second kappa shape index (κ2) is 6.64. The fraction of sp³-hybridized carbons (Fsp3) is 0.267. The molecule has 2 aromatic rings. The van der Waals surface area contributed by atoms with Gasteiger partial charge < -0.3 is 4.74 Å². The van der Waals surface area contributed by atoms with E-state index in [1.54, 1.807) is 6.07 Å². The van der Waals surface area contributed by atoms with Gasteiger partial charge in [0.25, 0.3) is 5.88 Å². The van der Waals surface area contributed by atoms with Crippen LogP contribution in [0.25, 0.3) is 0 Å². The number of benzene rings is 1. The summed E-state index contributed by atoms with van der Waals surface area (Å²) < 4.78 is 19.5. The number of rotatable bonds is 4. The summed E-state index contributed by atoms with van der Waals surface area (Å²) in [5.74, 6) is -0.0743. The molecule has 1 heterocycles. The molecule has 0 saturated carbocycles. The van der Waals surface area contributed by atoms with E-state index in [-0.39, 0.29) is 11.6 Å². The minimum atomic E-state index is -0.438. The molecule has 0 bridgehead atoms. The molecule has 0 fully saturated rings. The number of halogens is 2. The molecule has 0 unspecified atom stereocenters. The molecule has 0 atom stereocenters. The Hall–Kier alpha value is -2.00. The molecular weight excluding hydrogens is 337 g/mol. The number of hydrogen-bond donors (Lipinski definition) is 0. The number of hydrogen-bond acceptors (Lipinski definition) is 4. The van der Waals surface area contributed by atoms with Gasteiger partial charge >= 0.3 is 0 Å². The molecule has 0 saturated heterocycles. The zero-order valence-corrected chi connectivity index (χ0v) is 13.2. The van der Waals surface area contributed by atoms with Crippen LogP contribution < -0.4 is 4.74 Å². The van der Waals surface area contributed by atoms with Crippen molar-refractivity contribution in [3.8, 4) is 17.7 Å². The van der Waals surface area contributed by atoms with Crippen molar-refractivity contribution in [1.29, 1.82) is 5.26 Å². The van der Waals surface area contributed by atoms with Gasteiger partial charge in [0.05, 0.1) is 5.69 Å². The number of nitrogens with zero attached hydrogens (tertiary/aromatic N) is 3. The normalized spacial score (nSPS) is 10.2. The van der Waals surface area contributed by atoms with Crippen molar-refractivity contribution >= 4 is 15.9 Å². The molecule has 1 aromatic carbocycles. The maximum atomic E-state index is 13.4. The van der Waals surface area contributed by atoms with Crippen molar-refractivity contribution in [3.63, 3.8) is 0 Å². The first-order chi connectivity index (χ1) is 10.1. The Labute approximate surface area is 130 Å². The van der Waals surface area contributed by atoms with Gasteiger partial charge in [-0.1, -0.05) is 29.8 Å². The molecule has 0 radical (unpaired) electrons. The van der Waals surface area contributed by atoms with Gasteiger partial charge in [-0.05, 0) is 30.5 Å². The number of aromatic nitrogens is 2. The van der Waals surface area contributed by atoms with Gasteiger partial charge in [-0.15, -0.1) is 5.10 Å². The van der Waals surface area contributed by atoms with Crippen molar-refractivity contribution in [1.82, 2.24) is 10.2 Å². The first-order valence-corrected chi connectivity index (χ1v) is 7.30. The molecule has 21 heavy (non-hydrogen) atoms. The predicted molar refractivity (Wildman–Crippen MR) is 79.7 cm³/mol. The monoisotopic (exact) mass is 349 g/mol. The van der Waals surface area contributed by atoms with E-state index in [1.165, 1.54) is 12.1 Å². The Morgan fingerprint density at radius 3 is 2.57 bits per heavy atom. The maximum absolute atomic E-state index is 13.4. The minimum Gasteiger partial charge on any atom is -0.436 e. The molecule has 108 valence electrons. The van der Waals surface area contributed by atoms with Gasteiger partial charge in [0.1, 0.15) is 23.2 Å². The molecule has 0 aliphatic heterocycles. The highest BCUT2D eigenvalue weighted by Crippen LogP contribution is 2.28. The van der Waals surface area contributed by atoms with Crippen LogP contribution >= 0.6 is 15.9 Å². The molecule has 0 aliphatic carbocycles. The van der Waals surface area contributed by atoms with E-state index < -0.39 is 5.82 Å². The van der Waals surface area contributed by atoms with Crippen LogP contribution in [-0.2, 0) is 12.8 Å². The van der Waals surface area contributed by atoms with E-state index >= 15 is 0 Å². The summed E-state index contributed by atoms with van der Waals surface area (Å²) in [7, 11) is 0. The highest BCUT2D eigenvalue weighted by molar-refractivity contribution is 9.10. The van der Waals surface area contributed by atoms with Crippen molar-refractivity contribution in [2.24, 2.45) is 0 Å². The highest BCUT2D eigenvalue weighted by atomic mass is 79.9. The Morgan fingerprint density at radius 1 is 1.24 bits per heavy atom. The van der Waals surface area contributed by atoms with Gasteiger partial charge in [0, 0.05) is 10.5 Å². The fourth-order valence-corrected chi connectivity index (χ4v) is 2.48. The smallest absolute Gasteiger partial charge is 0.257 e. The molecular formula is C15H13BrFN3O. The number of aryl methyl sites for hydroxylation is 1. The summed E-state index contributed by atoms with van der Waals surface area (Å²) in [5.41, 5.74) is 1.95. The lowest BCUT2D eigenvalue weighted by Crippen LogP contribution is -2.05. The second-order valence-corrected chi connectivity index (χ2v) is 5.25. The van der Waals surface area contributed by atoms with E-state index in [9.17, 15) is 9.65 Å². The lowest BCUT2D eigenvalue weighted by molar-refractivity contribution is 0.446. The number of nitriles is 1. The summed E-state index contributed by atoms with van der Waals surface area (Å²) in [6, 6.07) is 6.26. The van der Waals surface area contributed by atoms with Crippen LogP contribution in [0, 0.1) is 17.1 Å². The van der Waals surface area contributed by atoms with Crippen LogP contribution in [0.5, 0.6) is 11.6 Å². The molecule has 4 nitrogen and oxygen atoms in total. The van der Waals surface area contributed by atoms with E-state index in [2.05, 4.69) is 32.2 Å². The molecule has 1 aromatic heterocycles.